The van der Waals surface area contributed by atoms with Crippen LogP contribution in [0, 0.1) is 34.5 Å². The lowest BCUT2D eigenvalue weighted by Crippen LogP contribution is -2.62. The molecule has 0 spiro atoms. The maximum Gasteiger partial charge on any atom is 0.341 e. The molecule has 3 N–H and O–H groups in total. The highest BCUT2D eigenvalue weighted by molar-refractivity contribution is 7.54. The van der Waals surface area contributed by atoms with Gasteiger partial charge in [0, 0.05) is 5.41 Å². The van der Waals surface area contributed by atoms with E-state index in [9.17, 15) is 24.7 Å². The van der Waals surface area contributed by atoms with Crippen molar-refractivity contribution in [3.8, 4) is 11.5 Å². The summed E-state index contributed by atoms with van der Waals surface area (Å²) < 4.78 is 26.4. The predicted octanol–water partition coefficient (Wildman–Crippen LogP) is 8.41. The molecule has 7 atom stereocenters. The molecule has 3 saturated carbocycles. The van der Waals surface area contributed by atoms with E-state index < -0.39 is 30.1 Å². The molecule has 7 nitrogen and oxygen atoms in total. The second-order valence-corrected chi connectivity index (χ2v) is 16.7. The molecule has 1 aromatic rings. The van der Waals surface area contributed by atoms with Gasteiger partial charge in [-0.05, 0) is 118 Å². The van der Waals surface area contributed by atoms with Gasteiger partial charge in [0.15, 0.2) is 11.5 Å². The number of hydrogen-bond acceptors (Lipinski definition) is 6. The molecule has 0 bridgehead atoms. The molecule has 41 heavy (non-hydrogen) atoms. The first-order valence-electron chi connectivity index (χ1n) is 15.4. The number of phenolic OH excluding ortho intramolecular Hbond substituents is 2. The molecule has 5 rings (SSSR count). The van der Waals surface area contributed by atoms with E-state index in [1.165, 1.54) is 5.57 Å². The van der Waals surface area contributed by atoms with Gasteiger partial charge in [0.2, 0.25) is 0 Å². The van der Waals surface area contributed by atoms with Gasteiger partial charge < -0.3 is 24.4 Å². The average Bonchev–Trinajstić information content (AvgIpc) is 2.90. The van der Waals surface area contributed by atoms with Crippen molar-refractivity contribution in [2.24, 2.45) is 27.6 Å². The summed E-state index contributed by atoms with van der Waals surface area (Å²) in [5.74, 6) is -0.870. The second kappa shape index (κ2) is 9.59. The molecular weight excluding hydrogens is 539 g/mol. The Morgan fingerprint density at radius 3 is 2.17 bits per heavy atom. The highest BCUT2D eigenvalue weighted by Gasteiger charge is 2.68. The molecule has 228 valence electrons. The number of fused-ring (bicyclic) bond motifs is 7. The first-order valence-corrected chi connectivity index (χ1v) is 17.0. The van der Waals surface area contributed by atoms with Crippen LogP contribution in [0.15, 0.2) is 17.7 Å². The van der Waals surface area contributed by atoms with Crippen molar-refractivity contribution in [1.82, 2.24) is 0 Å². The quantitative estimate of drug-likeness (QED) is 0.174. The summed E-state index contributed by atoms with van der Waals surface area (Å²) in [5.41, 5.74) is 0.932. The highest BCUT2D eigenvalue weighted by atomic mass is 31.2. The van der Waals surface area contributed by atoms with Gasteiger partial charge in [0.05, 0.1) is 18.6 Å². The standard InChI is InChI=1S/C33H49O7P/c1-9-39-41(38,40-10-2)23-18-24-31(6,21-17-22(34)27(35)20(3)26(21)23)14-16-33(8)25-19-30(5,28(36)37)12-11-29(25,4)13-15-32(24,33)7/h17-18,23,25,34-35H,9-16,19H2,1-8H3,(H,36,37)/t23?,25-,29-,30-,31+,32-,33+/m1/s1. The van der Waals surface area contributed by atoms with Crippen LogP contribution in [0.3, 0.4) is 0 Å². The van der Waals surface area contributed by atoms with Crippen LogP contribution in [0.25, 0.3) is 0 Å². The van der Waals surface area contributed by atoms with Crippen LogP contribution < -0.4 is 0 Å². The lowest BCUT2D eigenvalue weighted by Gasteiger charge is -2.70. The zero-order valence-corrected chi connectivity index (χ0v) is 27.0. The Balaban J connectivity index is 1.75. The van der Waals surface area contributed by atoms with Gasteiger partial charge in [-0.15, -0.1) is 0 Å². The van der Waals surface area contributed by atoms with Crippen LogP contribution in [0.4, 0.5) is 0 Å². The van der Waals surface area contributed by atoms with Crippen molar-refractivity contribution < 1.29 is 33.7 Å². The molecule has 8 heteroatoms. The topological polar surface area (TPSA) is 113 Å². The maximum atomic E-state index is 14.5. The fourth-order valence-corrected chi connectivity index (χ4v) is 11.8. The van der Waals surface area contributed by atoms with Gasteiger partial charge in [-0.3, -0.25) is 9.36 Å². The molecule has 4 aliphatic carbocycles. The van der Waals surface area contributed by atoms with Gasteiger partial charge in [0.1, 0.15) is 5.66 Å². The molecule has 1 aromatic carbocycles. The minimum absolute atomic E-state index is 0.0656. The summed E-state index contributed by atoms with van der Waals surface area (Å²) >= 11 is 0. The van der Waals surface area contributed by atoms with E-state index in [-0.39, 0.29) is 46.9 Å². The van der Waals surface area contributed by atoms with E-state index in [1.54, 1.807) is 26.8 Å². The third-order valence-corrected chi connectivity index (χ3v) is 14.9. The Kier molecular flexibility index (Phi) is 7.17. The number of aliphatic carboxylic acids is 1. The van der Waals surface area contributed by atoms with Gasteiger partial charge in [-0.25, -0.2) is 0 Å². The van der Waals surface area contributed by atoms with Gasteiger partial charge >= 0.3 is 13.6 Å². The Morgan fingerprint density at radius 1 is 0.976 bits per heavy atom. The number of aromatic hydroxyl groups is 2. The number of rotatable bonds is 6. The van der Waals surface area contributed by atoms with Crippen LogP contribution in [0.2, 0.25) is 0 Å². The molecule has 0 aromatic heterocycles. The van der Waals surface area contributed by atoms with Crippen LogP contribution in [-0.2, 0) is 23.8 Å². The summed E-state index contributed by atoms with van der Waals surface area (Å²) in [7, 11) is -3.70. The van der Waals surface area contributed by atoms with Gasteiger partial charge in [0.25, 0.3) is 0 Å². The van der Waals surface area contributed by atoms with E-state index in [0.717, 1.165) is 43.2 Å². The zero-order chi connectivity index (χ0) is 30.4. The molecule has 0 heterocycles. The fourth-order valence-electron chi connectivity index (χ4n) is 9.71. The Hall–Kier alpha value is -1.82. The summed E-state index contributed by atoms with van der Waals surface area (Å²) in [5, 5.41) is 31.9. The van der Waals surface area contributed by atoms with E-state index >= 15 is 0 Å². The summed E-state index contributed by atoms with van der Waals surface area (Å²) in [6.45, 7) is 17.0. The number of hydrogen-bond donors (Lipinski definition) is 3. The lowest BCUT2D eigenvalue weighted by atomic mass is 9.34. The molecule has 4 aliphatic rings. The smallest absolute Gasteiger partial charge is 0.341 e. The molecule has 0 aliphatic heterocycles. The molecule has 0 radical (unpaired) electrons. The first kappa shape index (κ1) is 30.6. The molecule has 0 saturated heterocycles. The van der Waals surface area contributed by atoms with E-state index in [0.29, 0.717) is 18.4 Å². The Bertz CT molecular complexity index is 1340. The number of phenols is 2. The number of carboxylic acid groups (broad SMARTS) is 1. The monoisotopic (exact) mass is 588 g/mol. The molecule has 0 amide bonds. The fraction of sp³-hybridized carbons (Fsp3) is 0.727. The van der Waals surface area contributed by atoms with E-state index in [4.69, 9.17) is 9.05 Å². The van der Waals surface area contributed by atoms with Crippen molar-refractivity contribution in [3.63, 3.8) is 0 Å². The number of carbonyl (C=O) groups is 1. The van der Waals surface area contributed by atoms with E-state index in [2.05, 4.69) is 33.8 Å². The lowest BCUT2D eigenvalue weighted by molar-refractivity contribution is -0.177. The minimum Gasteiger partial charge on any atom is -0.504 e. The average molecular weight is 589 g/mol. The Labute approximate surface area is 245 Å². The third-order valence-electron chi connectivity index (χ3n) is 12.6. The Morgan fingerprint density at radius 2 is 1.59 bits per heavy atom. The van der Waals surface area contributed by atoms with Crippen molar-refractivity contribution >= 4 is 13.6 Å². The molecule has 1 unspecified atom stereocenters. The first-order chi connectivity index (χ1) is 19.0. The van der Waals surface area contributed by atoms with Gasteiger partial charge in [-0.1, -0.05) is 39.3 Å². The SMILES string of the molecule is CCOP(=O)(OCC)C1C=C2[C@@](C)(CC[C@@]3(C)[C@@H]4C[C@](C)(C(=O)O)CC[C@]4(C)CC[C@]23C)c2cc(O)c(O)c(C)c21. The summed E-state index contributed by atoms with van der Waals surface area (Å²) in [6.07, 6.45) is 8.05. The minimum atomic E-state index is -3.70. The highest BCUT2D eigenvalue weighted by Crippen LogP contribution is 2.77. The number of benzene rings is 1. The maximum absolute atomic E-state index is 14.5. The number of carboxylic acids is 1. The molecular formula is C33H49O7P. The third kappa shape index (κ3) is 4.04. The van der Waals surface area contributed by atoms with E-state index in [1.807, 2.05) is 6.92 Å². The largest absolute Gasteiger partial charge is 0.504 e. The summed E-state index contributed by atoms with van der Waals surface area (Å²) in [6, 6.07) is 1.67. The van der Waals surface area contributed by atoms with Crippen molar-refractivity contribution in [2.75, 3.05) is 13.2 Å². The van der Waals surface area contributed by atoms with Crippen LogP contribution in [0.1, 0.15) is 116 Å². The molecule has 3 fully saturated rings. The number of allylic oxidation sites excluding steroid dienone is 2. The van der Waals surface area contributed by atoms with Crippen molar-refractivity contribution in [3.05, 3.63) is 34.4 Å². The van der Waals surface area contributed by atoms with Crippen LogP contribution in [-0.4, -0.2) is 34.5 Å². The van der Waals surface area contributed by atoms with Gasteiger partial charge in [-0.2, -0.15) is 0 Å². The summed E-state index contributed by atoms with van der Waals surface area (Å²) in [4.78, 5) is 12.5. The normalized spacial score (nSPS) is 40.0. The van der Waals surface area contributed by atoms with Crippen molar-refractivity contribution in [1.29, 1.82) is 0 Å². The zero-order valence-electron chi connectivity index (χ0n) is 26.1. The van der Waals surface area contributed by atoms with Crippen LogP contribution in [0.5, 0.6) is 11.5 Å². The van der Waals surface area contributed by atoms with Crippen molar-refractivity contribution in [2.45, 2.75) is 111 Å². The van der Waals surface area contributed by atoms with Crippen LogP contribution >= 0.6 is 7.60 Å². The predicted molar refractivity (Wildman–Crippen MR) is 159 cm³/mol. The second-order valence-electron chi connectivity index (χ2n) is 14.6.